The number of anilines is 2. The summed E-state index contributed by atoms with van der Waals surface area (Å²) in [5.41, 5.74) is 6.03. The molecule has 108 valence electrons. The minimum atomic E-state index is -0.343. The molecule has 7 nitrogen and oxygen atoms in total. The Balaban J connectivity index is 1.96. The van der Waals surface area contributed by atoms with Gasteiger partial charge in [-0.25, -0.2) is 0 Å². The Morgan fingerprint density at radius 3 is 2.80 bits per heavy atom. The molecule has 0 bridgehead atoms. The molecule has 0 spiro atoms. The summed E-state index contributed by atoms with van der Waals surface area (Å²) in [6.45, 7) is 6.49. The van der Waals surface area contributed by atoms with Crippen molar-refractivity contribution in [2.75, 3.05) is 17.6 Å². The number of aromatic nitrogens is 3. The lowest BCUT2D eigenvalue weighted by molar-refractivity contribution is 0.125. The molecule has 0 fully saturated rings. The van der Waals surface area contributed by atoms with Crippen molar-refractivity contribution in [1.82, 2.24) is 15.1 Å². The number of rotatable bonds is 5. The first kappa shape index (κ1) is 14.1. The summed E-state index contributed by atoms with van der Waals surface area (Å²) in [5, 5.41) is 6.90. The Labute approximate surface area is 117 Å². The van der Waals surface area contributed by atoms with Gasteiger partial charge in [0.1, 0.15) is 11.4 Å². The summed E-state index contributed by atoms with van der Waals surface area (Å²) in [4.78, 5) is 8.30. The van der Waals surface area contributed by atoms with Crippen LogP contribution in [0.15, 0.2) is 23.0 Å². The summed E-state index contributed by atoms with van der Waals surface area (Å²) < 4.78 is 10.4. The van der Waals surface area contributed by atoms with Gasteiger partial charge >= 0.3 is 0 Å². The van der Waals surface area contributed by atoms with Crippen LogP contribution in [-0.4, -0.2) is 27.3 Å². The molecule has 0 amide bonds. The zero-order valence-electron chi connectivity index (χ0n) is 11.9. The number of nitrogens with zero attached hydrogens (tertiary/aromatic N) is 3. The first-order chi connectivity index (χ1) is 9.44. The molecule has 0 saturated carbocycles. The van der Waals surface area contributed by atoms with Crippen LogP contribution in [0.3, 0.4) is 0 Å². The van der Waals surface area contributed by atoms with Crippen molar-refractivity contribution in [3.8, 4) is 5.88 Å². The third-order valence-corrected chi connectivity index (χ3v) is 2.35. The average molecular weight is 277 g/mol. The molecule has 0 aliphatic heterocycles. The van der Waals surface area contributed by atoms with Crippen LogP contribution in [0.1, 0.15) is 26.6 Å². The third-order valence-electron chi connectivity index (χ3n) is 2.35. The van der Waals surface area contributed by atoms with Crippen molar-refractivity contribution in [3.05, 3.63) is 24.4 Å². The van der Waals surface area contributed by atoms with Crippen LogP contribution in [0.2, 0.25) is 0 Å². The van der Waals surface area contributed by atoms with Crippen molar-refractivity contribution in [1.29, 1.82) is 0 Å². The Hall–Kier alpha value is -2.31. The van der Waals surface area contributed by atoms with Crippen LogP contribution >= 0.6 is 0 Å². The fourth-order valence-electron chi connectivity index (χ4n) is 1.53. The number of ether oxygens (including phenoxy) is 1. The Morgan fingerprint density at radius 2 is 2.15 bits per heavy atom. The van der Waals surface area contributed by atoms with E-state index in [0.717, 1.165) is 0 Å². The van der Waals surface area contributed by atoms with Gasteiger partial charge in [-0.05, 0) is 32.9 Å². The van der Waals surface area contributed by atoms with E-state index in [0.29, 0.717) is 36.2 Å². The fourth-order valence-corrected chi connectivity index (χ4v) is 1.53. The normalized spacial score (nSPS) is 11.3. The highest BCUT2D eigenvalue weighted by Crippen LogP contribution is 2.24. The van der Waals surface area contributed by atoms with Gasteiger partial charge in [-0.2, -0.15) is 9.97 Å². The highest BCUT2D eigenvalue weighted by Gasteiger charge is 2.15. The van der Waals surface area contributed by atoms with E-state index in [1.165, 1.54) is 6.39 Å². The molecule has 0 aliphatic rings. The van der Waals surface area contributed by atoms with E-state index in [-0.39, 0.29) is 5.60 Å². The predicted molar refractivity (Wildman–Crippen MR) is 75.5 cm³/mol. The molecule has 0 unspecified atom stereocenters. The summed E-state index contributed by atoms with van der Waals surface area (Å²) in [6, 6.07) is 3.58. The van der Waals surface area contributed by atoms with Crippen molar-refractivity contribution >= 4 is 11.5 Å². The SMILES string of the molecule is CC(C)(C)Oc1nc(NCCc2ncon2)ccc1N. The summed E-state index contributed by atoms with van der Waals surface area (Å²) in [7, 11) is 0. The van der Waals surface area contributed by atoms with Gasteiger partial charge in [0.2, 0.25) is 12.3 Å². The highest BCUT2D eigenvalue weighted by atomic mass is 16.5. The first-order valence-corrected chi connectivity index (χ1v) is 6.39. The molecular weight excluding hydrogens is 258 g/mol. The molecule has 2 rings (SSSR count). The molecule has 0 atom stereocenters. The standard InChI is InChI=1S/C13H19N5O2/c1-13(2,3)20-12-9(14)4-5-10(17-12)15-7-6-11-16-8-19-18-11/h4-5,8H,6-7,14H2,1-3H3,(H,15,17). The van der Waals surface area contributed by atoms with Gasteiger partial charge in [-0.1, -0.05) is 5.16 Å². The first-order valence-electron chi connectivity index (χ1n) is 6.39. The van der Waals surface area contributed by atoms with E-state index >= 15 is 0 Å². The topological polar surface area (TPSA) is 99.1 Å². The third kappa shape index (κ3) is 4.11. The maximum atomic E-state index is 5.85. The molecule has 3 N–H and O–H groups in total. The molecule has 0 aromatic carbocycles. The molecule has 20 heavy (non-hydrogen) atoms. The number of pyridine rings is 1. The van der Waals surface area contributed by atoms with Gasteiger partial charge in [0.25, 0.3) is 0 Å². The summed E-state index contributed by atoms with van der Waals surface area (Å²) in [6.07, 6.45) is 1.96. The largest absolute Gasteiger partial charge is 0.470 e. The average Bonchev–Trinajstić information content (AvgIpc) is 2.84. The maximum absolute atomic E-state index is 5.85. The van der Waals surface area contributed by atoms with E-state index in [4.69, 9.17) is 10.5 Å². The monoisotopic (exact) mass is 277 g/mol. The van der Waals surface area contributed by atoms with E-state index in [9.17, 15) is 0 Å². The Bertz CT molecular complexity index is 548. The van der Waals surface area contributed by atoms with Crippen molar-refractivity contribution in [3.63, 3.8) is 0 Å². The number of nitrogens with one attached hydrogen (secondary N) is 1. The number of hydrogen-bond acceptors (Lipinski definition) is 7. The molecule has 0 aliphatic carbocycles. The van der Waals surface area contributed by atoms with Gasteiger partial charge < -0.3 is 20.3 Å². The van der Waals surface area contributed by atoms with Crippen LogP contribution in [0, 0.1) is 0 Å². The van der Waals surface area contributed by atoms with Crippen molar-refractivity contribution in [2.24, 2.45) is 0 Å². The van der Waals surface area contributed by atoms with Crippen molar-refractivity contribution in [2.45, 2.75) is 32.8 Å². The Kier molecular flexibility index (Phi) is 4.07. The number of hydrogen-bond donors (Lipinski definition) is 2. The van der Waals surface area contributed by atoms with Gasteiger partial charge in [0.05, 0.1) is 5.69 Å². The van der Waals surface area contributed by atoms with Gasteiger partial charge in [0, 0.05) is 13.0 Å². The van der Waals surface area contributed by atoms with Crippen LogP contribution in [0.25, 0.3) is 0 Å². The summed E-state index contributed by atoms with van der Waals surface area (Å²) in [5.74, 6) is 1.78. The van der Waals surface area contributed by atoms with Gasteiger partial charge in [-0.15, -0.1) is 0 Å². The van der Waals surface area contributed by atoms with Crippen LogP contribution in [0.5, 0.6) is 5.88 Å². The highest BCUT2D eigenvalue weighted by molar-refractivity contribution is 5.53. The second kappa shape index (κ2) is 5.77. The second-order valence-corrected chi connectivity index (χ2v) is 5.33. The van der Waals surface area contributed by atoms with E-state index in [1.807, 2.05) is 20.8 Å². The fraction of sp³-hybridized carbons (Fsp3) is 0.462. The van der Waals surface area contributed by atoms with E-state index in [2.05, 4.69) is 25.0 Å². The van der Waals surface area contributed by atoms with Crippen LogP contribution in [0.4, 0.5) is 11.5 Å². The lowest BCUT2D eigenvalue weighted by Crippen LogP contribution is -2.24. The zero-order chi connectivity index (χ0) is 14.6. The lowest BCUT2D eigenvalue weighted by Gasteiger charge is -2.21. The van der Waals surface area contributed by atoms with E-state index in [1.54, 1.807) is 12.1 Å². The molecule has 2 aromatic heterocycles. The van der Waals surface area contributed by atoms with E-state index < -0.39 is 0 Å². The maximum Gasteiger partial charge on any atom is 0.239 e. The number of nitrogens with two attached hydrogens (primary N) is 1. The van der Waals surface area contributed by atoms with Gasteiger partial charge in [-0.3, -0.25) is 0 Å². The Morgan fingerprint density at radius 1 is 1.35 bits per heavy atom. The summed E-state index contributed by atoms with van der Waals surface area (Å²) >= 11 is 0. The second-order valence-electron chi connectivity index (χ2n) is 5.33. The van der Waals surface area contributed by atoms with Crippen molar-refractivity contribution < 1.29 is 9.26 Å². The zero-order valence-corrected chi connectivity index (χ0v) is 11.9. The minimum Gasteiger partial charge on any atom is -0.470 e. The molecule has 2 aromatic rings. The van der Waals surface area contributed by atoms with Crippen LogP contribution < -0.4 is 15.8 Å². The lowest BCUT2D eigenvalue weighted by atomic mass is 10.2. The van der Waals surface area contributed by atoms with Crippen LogP contribution in [-0.2, 0) is 6.42 Å². The molecular formula is C13H19N5O2. The smallest absolute Gasteiger partial charge is 0.239 e. The predicted octanol–water partition coefficient (Wildman–Crippen LogP) is 1.88. The molecule has 0 radical (unpaired) electrons. The van der Waals surface area contributed by atoms with Gasteiger partial charge in [0.15, 0.2) is 5.82 Å². The quantitative estimate of drug-likeness (QED) is 0.860. The minimum absolute atomic E-state index is 0.343. The number of nitrogen functional groups attached to an aromatic ring is 1. The molecule has 7 heteroatoms. The molecule has 0 saturated heterocycles. The molecule has 2 heterocycles.